The summed E-state index contributed by atoms with van der Waals surface area (Å²) in [5.74, 6) is -0.276. The normalized spacial score (nSPS) is 20.2. The van der Waals surface area contributed by atoms with Crippen molar-refractivity contribution in [3.05, 3.63) is 29.8 Å². The van der Waals surface area contributed by atoms with Gasteiger partial charge >= 0.3 is 6.61 Å². The van der Waals surface area contributed by atoms with Gasteiger partial charge in [-0.1, -0.05) is 12.1 Å². The van der Waals surface area contributed by atoms with Crippen LogP contribution < -0.4 is 10.1 Å². The Balaban J connectivity index is 1.86. The Morgan fingerprint density at radius 1 is 1.35 bits per heavy atom. The van der Waals surface area contributed by atoms with Crippen molar-refractivity contribution in [2.75, 3.05) is 19.6 Å². The number of carbonyl (C=O) groups is 1. The van der Waals surface area contributed by atoms with Crippen LogP contribution in [-0.2, 0) is 0 Å². The van der Waals surface area contributed by atoms with Crippen LogP contribution in [0.15, 0.2) is 24.3 Å². The molecule has 1 aromatic carbocycles. The number of hydrogen-bond acceptors (Lipinski definition) is 3. The second-order valence-corrected chi connectivity index (χ2v) is 5.23. The highest BCUT2D eigenvalue weighted by Gasteiger charge is 2.51. The quantitative estimate of drug-likeness (QED) is 0.920. The summed E-state index contributed by atoms with van der Waals surface area (Å²) in [7, 11) is 0. The van der Waals surface area contributed by atoms with Crippen molar-refractivity contribution >= 4 is 5.91 Å². The number of ether oxygens (including phenoxy) is 1. The number of nitrogens with one attached hydrogen (secondary N) is 1. The average Bonchev–Trinajstić information content (AvgIpc) is 3.19. The molecule has 1 spiro atoms. The Morgan fingerprint density at radius 3 is 2.80 bits per heavy atom. The fourth-order valence-corrected chi connectivity index (χ4v) is 2.74. The SMILES string of the molecule is O=C(c1ccccc1OC(F)F)N1CCNCC12CC2. The van der Waals surface area contributed by atoms with E-state index in [1.807, 2.05) is 0 Å². The number of halogens is 2. The lowest BCUT2D eigenvalue weighted by molar-refractivity contribution is -0.0503. The average molecular weight is 282 g/mol. The number of alkyl halides is 2. The van der Waals surface area contributed by atoms with Crippen LogP contribution in [0.4, 0.5) is 8.78 Å². The van der Waals surface area contributed by atoms with E-state index in [1.54, 1.807) is 17.0 Å². The van der Waals surface area contributed by atoms with E-state index in [0.29, 0.717) is 6.54 Å². The Labute approximate surface area is 115 Å². The topological polar surface area (TPSA) is 41.6 Å². The summed E-state index contributed by atoms with van der Waals surface area (Å²) in [6.07, 6.45) is 1.92. The third-order valence-electron chi connectivity index (χ3n) is 3.94. The van der Waals surface area contributed by atoms with Crippen LogP contribution in [0.2, 0.25) is 0 Å². The summed E-state index contributed by atoms with van der Waals surface area (Å²) >= 11 is 0. The molecule has 1 aromatic rings. The Morgan fingerprint density at radius 2 is 2.10 bits per heavy atom. The minimum Gasteiger partial charge on any atom is -0.434 e. The van der Waals surface area contributed by atoms with Gasteiger partial charge in [0.2, 0.25) is 0 Å². The second-order valence-electron chi connectivity index (χ2n) is 5.23. The molecule has 108 valence electrons. The van der Waals surface area contributed by atoms with Gasteiger partial charge < -0.3 is 15.0 Å². The largest absolute Gasteiger partial charge is 0.434 e. The highest BCUT2D eigenvalue weighted by Crippen LogP contribution is 2.43. The van der Waals surface area contributed by atoms with Gasteiger partial charge in [-0.3, -0.25) is 4.79 Å². The lowest BCUT2D eigenvalue weighted by Gasteiger charge is -2.37. The molecule has 1 heterocycles. The van der Waals surface area contributed by atoms with Gasteiger partial charge in [-0.25, -0.2) is 0 Å². The number of hydrogen-bond donors (Lipinski definition) is 1. The van der Waals surface area contributed by atoms with Gasteiger partial charge in [-0.05, 0) is 25.0 Å². The summed E-state index contributed by atoms with van der Waals surface area (Å²) in [6, 6.07) is 6.19. The molecular weight excluding hydrogens is 266 g/mol. The number of rotatable bonds is 3. The van der Waals surface area contributed by atoms with Crippen LogP contribution in [0.3, 0.4) is 0 Å². The van der Waals surface area contributed by atoms with Crippen LogP contribution >= 0.6 is 0 Å². The number of piperazine rings is 1. The van der Waals surface area contributed by atoms with E-state index in [0.717, 1.165) is 25.9 Å². The van der Waals surface area contributed by atoms with Gasteiger partial charge in [0.1, 0.15) is 5.75 Å². The Bertz CT molecular complexity index is 518. The standard InChI is InChI=1S/C14H16F2N2O2/c15-13(16)20-11-4-2-1-3-10(11)12(19)18-8-7-17-9-14(18)5-6-14/h1-4,13,17H,5-9H2. The first-order valence-electron chi connectivity index (χ1n) is 6.69. The molecule has 6 heteroatoms. The Hall–Kier alpha value is -1.69. The number of benzene rings is 1. The molecule has 1 aliphatic heterocycles. The summed E-state index contributed by atoms with van der Waals surface area (Å²) in [5.41, 5.74) is 0.0915. The molecule has 3 rings (SSSR count). The minimum absolute atomic E-state index is 0.0539. The summed E-state index contributed by atoms with van der Waals surface area (Å²) in [6.45, 7) is -0.828. The third-order valence-corrected chi connectivity index (χ3v) is 3.94. The van der Waals surface area contributed by atoms with Crippen molar-refractivity contribution in [2.24, 2.45) is 0 Å². The minimum atomic E-state index is -2.93. The van der Waals surface area contributed by atoms with E-state index in [2.05, 4.69) is 10.1 Å². The van der Waals surface area contributed by atoms with E-state index < -0.39 is 6.61 Å². The van der Waals surface area contributed by atoms with E-state index in [9.17, 15) is 13.6 Å². The molecular formula is C14H16F2N2O2. The van der Waals surface area contributed by atoms with Crippen LogP contribution in [0, 0.1) is 0 Å². The van der Waals surface area contributed by atoms with Crippen molar-refractivity contribution in [2.45, 2.75) is 25.0 Å². The summed E-state index contributed by atoms with van der Waals surface area (Å²) < 4.78 is 29.3. The van der Waals surface area contributed by atoms with Gasteiger partial charge in [-0.15, -0.1) is 0 Å². The van der Waals surface area contributed by atoms with Crippen LogP contribution in [-0.4, -0.2) is 42.6 Å². The van der Waals surface area contributed by atoms with Gasteiger partial charge in [0, 0.05) is 19.6 Å². The smallest absolute Gasteiger partial charge is 0.387 e. The van der Waals surface area contributed by atoms with Crippen molar-refractivity contribution in [3.8, 4) is 5.75 Å². The molecule has 1 aliphatic carbocycles. The lowest BCUT2D eigenvalue weighted by atomic mass is 10.1. The molecule has 0 aromatic heterocycles. The molecule has 1 amide bonds. The predicted octanol–water partition coefficient (Wildman–Crippen LogP) is 1.87. The fourth-order valence-electron chi connectivity index (χ4n) is 2.74. The molecule has 2 fully saturated rings. The number of nitrogens with zero attached hydrogens (tertiary/aromatic N) is 1. The fraction of sp³-hybridized carbons (Fsp3) is 0.500. The lowest BCUT2D eigenvalue weighted by Crippen LogP contribution is -2.55. The van der Waals surface area contributed by atoms with Crippen molar-refractivity contribution in [1.29, 1.82) is 0 Å². The van der Waals surface area contributed by atoms with Crippen LogP contribution in [0.5, 0.6) is 5.75 Å². The zero-order valence-corrected chi connectivity index (χ0v) is 10.9. The van der Waals surface area contributed by atoms with Gasteiger partial charge in [0.15, 0.2) is 0 Å². The molecule has 20 heavy (non-hydrogen) atoms. The first kappa shape index (κ1) is 13.3. The zero-order valence-electron chi connectivity index (χ0n) is 10.9. The first-order chi connectivity index (χ1) is 9.62. The molecule has 2 aliphatic rings. The van der Waals surface area contributed by atoms with E-state index in [-0.39, 0.29) is 22.8 Å². The van der Waals surface area contributed by atoms with Gasteiger partial charge in [0.25, 0.3) is 5.91 Å². The molecule has 4 nitrogen and oxygen atoms in total. The molecule has 1 saturated carbocycles. The van der Waals surface area contributed by atoms with Gasteiger partial charge in [-0.2, -0.15) is 8.78 Å². The highest BCUT2D eigenvalue weighted by molar-refractivity contribution is 5.97. The maximum absolute atomic E-state index is 12.6. The van der Waals surface area contributed by atoms with Crippen molar-refractivity contribution in [1.82, 2.24) is 10.2 Å². The van der Waals surface area contributed by atoms with E-state index >= 15 is 0 Å². The monoisotopic (exact) mass is 282 g/mol. The maximum atomic E-state index is 12.6. The summed E-state index contributed by atoms with van der Waals surface area (Å²) in [4.78, 5) is 14.4. The zero-order chi connectivity index (χ0) is 14.2. The molecule has 0 bridgehead atoms. The first-order valence-corrected chi connectivity index (χ1v) is 6.69. The van der Waals surface area contributed by atoms with E-state index in [1.165, 1.54) is 12.1 Å². The van der Waals surface area contributed by atoms with Crippen LogP contribution in [0.1, 0.15) is 23.2 Å². The molecule has 1 N–H and O–H groups in total. The van der Waals surface area contributed by atoms with Gasteiger partial charge in [0.05, 0.1) is 11.1 Å². The summed E-state index contributed by atoms with van der Waals surface area (Å²) in [5, 5.41) is 3.28. The third kappa shape index (κ3) is 2.35. The highest BCUT2D eigenvalue weighted by atomic mass is 19.3. The Kier molecular flexibility index (Phi) is 3.33. The maximum Gasteiger partial charge on any atom is 0.387 e. The van der Waals surface area contributed by atoms with Crippen LogP contribution in [0.25, 0.3) is 0 Å². The van der Waals surface area contributed by atoms with Crippen molar-refractivity contribution in [3.63, 3.8) is 0 Å². The molecule has 1 saturated heterocycles. The number of para-hydroxylation sites is 1. The number of carbonyl (C=O) groups excluding carboxylic acids is 1. The van der Waals surface area contributed by atoms with E-state index in [4.69, 9.17) is 0 Å². The molecule has 0 atom stereocenters. The molecule has 0 radical (unpaired) electrons. The van der Waals surface area contributed by atoms with Crippen molar-refractivity contribution < 1.29 is 18.3 Å². The second kappa shape index (κ2) is 5.01. The number of amides is 1. The predicted molar refractivity (Wildman–Crippen MR) is 68.9 cm³/mol. The molecule has 0 unspecified atom stereocenters.